The number of rotatable bonds is 8. The summed E-state index contributed by atoms with van der Waals surface area (Å²) in [7, 11) is 1.57. The number of hydrogen-bond donors (Lipinski definition) is 0. The Morgan fingerprint density at radius 3 is 2.23 bits per heavy atom. The van der Waals surface area contributed by atoms with Gasteiger partial charge >= 0.3 is 0 Å². The van der Waals surface area contributed by atoms with E-state index >= 15 is 0 Å². The molecule has 1 aromatic carbocycles. The van der Waals surface area contributed by atoms with Crippen molar-refractivity contribution in [2.24, 2.45) is 7.05 Å². The van der Waals surface area contributed by atoms with Gasteiger partial charge in [-0.2, -0.15) is 5.10 Å². The molecule has 140 valence electrons. The second-order valence-electron chi connectivity index (χ2n) is 6.50. The number of aldehydes is 1. The average molecular weight is 356 g/mol. The number of hydrogen-bond acceptors (Lipinski definition) is 4. The Kier molecular flexibility index (Phi) is 6.72. The molecule has 1 heterocycles. The molecule has 5 nitrogen and oxygen atoms in total. The van der Waals surface area contributed by atoms with Crippen LogP contribution in [0, 0.1) is 6.92 Å². The predicted molar refractivity (Wildman–Crippen MR) is 104 cm³/mol. The molecule has 0 N–H and O–H groups in total. The molecule has 0 aliphatic heterocycles. The summed E-state index contributed by atoms with van der Waals surface area (Å²) in [5.74, 6) is 0.310. The van der Waals surface area contributed by atoms with Crippen LogP contribution in [0.4, 0.5) is 0 Å². The van der Waals surface area contributed by atoms with Crippen LogP contribution in [0.3, 0.4) is 0 Å². The number of carbonyl (C=O) groups is 1. The number of nitrogens with zero attached hydrogens (tertiary/aromatic N) is 2. The molecule has 0 fully saturated rings. The third-order valence-electron chi connectivity index (χ3n) is 4.54. The zero-order valence-corrected chi connectivity index (χ0v) is 16.4. The van der Waals surface area contributed by atoms with Gasteiger partial charge in [-0.3, -0.25) is 9.59 Å². The van der Waals surface area contributed by atoms with Crippen molar-refractivity contribution >= 4 is 6.29 Å². The maximum atomic E-state index is 13.0. The van der Waals surface area contributed by atoms with Gasteiger partial charge in [0.1, 0.15) is 0 Å². The van der Waals surface area contributed by atoms with Crippen LogP contribution >= 0.6 is 0 Å². The smallest absolute Gasteiger partial charge is 0.278 e. The van der Waals surface area contributed by atoms with Gasteiger partial charge in [-0.05, 0) is 42.9 Å². The van der Waals surface area contributed by atoms with Crippen molar-refractivity contribution in [2.45, 2.75) is 53.4 Å². The lowest BCUT2D eigenvalue weighted by molar-refractivity contribution is 0.111. The number of ether oxygens (including phenoxy) is 1. The van der Waals surface area contributed by atoms with Crippen molar-refractivity contribution in [2.75, 3.05) is 6.61 Å². The molecule has 2 aromatic rings. The number of aromatic nitrogens is 2. The van der Waals surface area contributed by atoms with Gasteiger partial charge in [-0.1, -0.05) is 44.9 Å². The van der Waals surface area contributed by atoms with E-state index in [4.69, 9.17) is 4.74 Å². The Balaban J connectivity index is 2.86. The molecule has 0 atom stereocenters. The summed E-state index contributed by atoms with van der Waals surface area (Å²) in [5.41, 5.74) is 4.60. The monoisotopic (exact) mass is 356 g/mol. The van der Waals surface area contributed by atoms with E-state index in [9.17, 15) is 9.59 Å². The van der Waals surface area contributed by atoms with Crippen molar-refractivity contribution < 1.29 is 9.53 Å². The minimum atomic E-state index is -0.240. The highest BCUT2D eigenvalue weighted by molar-refractivity contribution is 5.85. The van der Waals surface area contributed by atoms with Gasteiger partial charge < -0.3 is 4.74 Å². The van der Waals surface area contributed by atoms with Gasteiger partial charge in [0.05, 0.1) is 12.2 Å². The average Bonchev–Trinajstić information content (AvgIpc) is 2.64. The van der Waals surface area contributed by atoms with E-state index in [1.165, 1.54) is 4.68 Å². The molecule has 0 saturated carbocycles. The molecule has 0 aliphatic carbocycles. The topological polar surface area (TPSA) is 61.2 Å². The fourth-order valence-electron chi connectivity index (χ4n) is 3.22. The number of carbonyl (C=O) groups excluding carboxylic acids is 1. The zero-order valence-electron chi connectivity index (χ0n) is 16.4. The molecule has 1 aromatic heterocycles. The molecule has 26 heavy (non-hydrogen) atoms. The third kappa shape index (κ3) is 3.87. The SMILES string of the molecule is CCCCOc1c(C=O)nn(C)c(=O)c1-c1c(CC)cc(C)cc1CC. The number of benzene rings is 1. The molecule has 5 heteroatoms. The first-order valence-electron chi connectivity index (χ1n) is 9.30. The van der Waals surface area contributed by atoms with E-state index in [1.807, 2.05) is 0 Å². The Hall–Kier alpha value is -2.43. The molecule has 0 spiro atoms. The minimum absolute atomic E-state index is 0.169. The van der Waals surface area contributed by atoms with Crippen molar-refractivity contribution in [3.8, 4) is 16.9 Å². The quantitative estimate of drug-likeness (QED) is 0.532. The Morgan fingerprint density at radius 2 is 1.73 bits per heavy atom. The second-order valence-corrected chi connectivity index (χ2v) is 6.50. The predicted octanol–water partition coefficient (Wildman–Crippen LogP) is 3.87. The lowest BCUT2D eigenvalue weighted by Crippen LogP contribution is -2.25. The fourth-order valence-corrected chi connectivity index (χ4v) is 3.22. The van der Waals surface area contributed by atoms with E-state index < -0.39 is 0 Å². The van der Waals surface area contributed by atoms with Crippen molar-refractivity contribution in [3.63, 3.8) is 0 Å². The van der Waals surface area contributed by atoms with Crippen LogP contribution in [0.15, 0.2) is 16.9 Å². The Bertz CT molecular complexity index is 828. The van der Waals surface area contributed by atoms with Crippen LogP contribution in [0.5, 0.6) is 5.75 Å². The summed E-state index contributed by atoms with van der Waals surface area (Å²) >= 11 is 0. The van der Waals surface area contributed by atoms with Gasteiger partial charge in [0.15, 0.2) is 17.7 Å². The van der Waals surface area contributed by atoms with Gasteiger partial charge in [-0.25, -0.2) is 4.68 Å². The molecule has 0 radical (unpaired) electrons. The van der Waals surface area contributed by atoms with Gasteiger partial charge in [0, 0.05) is 7.05 Å². The molecule has 0 amide bonds. The van der Waals surface area contributed by atoms with Crippen LogP contribution in [0.2, 0.25) is 0 Å². The molecule has 0 bridgehead atoms. The third-order valence-corrected chi connectivity index (χ3v) is 4.54. The molecule has 0 aliphatic rings. The van der Waals surface area contributed by atoms with E-state index in [1.54, 1.807) is 7.05 Å². The van der Waals surface area contributed by atoms with Crippen LogP contribution in [0.25, 0.3) is 11.1 Å². The number of unbranched alkanes of at least 4 members (excludes halogenated alkanes) is 1. The normalized spacial score (nSPS) is 10.8. The van der Waals surface area contributed by atoms with Crippen molar-refractivity contribution in [1.29, 1.82) is 0 Å². The lowest BCUT2D eigenvalue weighted by atomic mass is 9.90. The fraction of sp³-hybridized carbons (Fsp3) is 0.476. The van der Waals surface area contributed by atoms with Gasteiger partial charge in [-0.15, -0.1) is 0 Å². The largest absolute Gasteiger partial charge is 0.490 e. The zero-order chi connectivity index (χ0) is 19.3. The summed E-state index contributed by atoms with van der Waals surface area (Å²) in [6.07, 6.45) is 4.06. The van der Waals surface area contributed by atoms with Crippen molar-refractivity contribution in [1.82, 2.24) is 9.78 Å². The van der Waals surface area contributed by atoms with Crippen LogP contribution in [-0.2, 0) is 19.9 Å². The maximum absolute atomic E-state index is 13.0. The summed E-state index contributed by atoms with van der Waals surface area (Å²) in [5, 5.41) is 4.10. The number of aryl methyl sites for hydroxylation is 4. The first kappa shape index (κ1) is 19.9. The Morgan fingerprint density at radius 1 is 1.12 bits per heavy atom. The molecule has 0 saturated heterocycles. The highest BCUT2D eigenvalue weighted by atomic mass is 16.5. The Labute approximate surface area is 155 Å². The maximum Gasteiger partial charge on any atom is 0.278 e. The molecule has 0 unspecified atom stereocenters. The van der Waals surface area contributed by atoms with E-state index in [0.717, 1.165) is 47.9 Å². The molecule has 2 rings (SSSR count). The summed E-state index contributed by atoms with van der Waals surface area (Å²) in [4.78, 5) is 24.6. The second kappa shape index (κ2) is 8.79. The van der Waals surface area contributed by atoms with Crippen LogP contribution < -0.4 is 10.3 Å². The summed E-state index contributed by atoms with van der Waals surface area (Å²) in [6, 6.07) is 4.20. The van der Waals surface area contributed by atoms with Crippen LogP contribution in [0.1, 0.15) is 60.8 Å². The standard InChI is InChI=1S/C21H28N2O3/c1-6-9-10-26-20-17(13-24)22-23(5)21(25)19(20)18-15(7-2)11-14(4)12-16(18)8-3/h11-13H,6-10H2,1-5H3. The van der Waals surface area contributed by atoms with Crippen molar-refractivity contribution in [3.05, 3.63) is 44.9 Å². The molecular weight excluding hydrogens is 328 g/mol. The highest BCUT2D eigenvalue weighted by Gasteiger charge is 2.23. The summed E-state index contributed by atoms with van der Waals surface area (Å²) < 4.78 is 7.14. The lowest BCUT2D eigenvalue weighted by Gasteiger charge is -2.19. The molecular formula is C21H28N2O3. The summed E-state index contributed by atoms with van der Waals surface area (Å²) in [6.45, 7) is 8.72. The van der Waals surface area contributed by atoms with E-state index in [-0.39, 0.29) is 11.3 Å². The van der Waals surface area contributed by atoms with E-state index in [2.05, 4.69) is 44.9 Å². The minimum Gasteiger partial charge on any atom is -0.490 e. The first-order valence-corrected chi connectivity index (χ1v) is 9.30. The van der Waals surface area contributed by atoms with Gasteiger partial charge in [0.25, 0.3) is 5.56 Å². The highest BCUT2D eigenvalue weighted by Crippen LogP contribution is 2.35. The van der Waals surface area contributed by atoms with Crippen LogP contribution in [-0.4, -0.2) is 22.7 Å². The first-order chi connectivity index (χ1) is 12.5. The van der Waals surface area contributed by atoms with E-state index in [0.29, 0.717) is 24.2 Å². The van der Waals surface area contributed by atoms with Gasteiger partial charge in [0.2, 0.25) is 0 Å².